The van der Waals surface area contributed by atoms with Crippen molar-refractivity contribution in [2.75, 3.05) is 25.2 Å². The lowest BCUT2D eigenvalue weighted by Gasteiger charge is -2.23. The molecule has 8 heteroatoms. The Morgan fingerprint density at radius 2 is 1.92 bits per heavy atom. The van der Waals surface area contributed by atoms with Crippen molar-refractivity contribution in [3.8, 4) is 0 Å². The molecule has 0 aromatic heterocycles. The van der Waals surface area contributed by atoms with Crippen LogP contribution >= 0.6 is 0 Å². The van der Waals surface area contributed by atoms with Crippen molar-refractivity contribution in [2.45, 2.75) is 44.0 Å². The number of benzene rings is 1. The van der Waals surface area contributed by atoms with Crippen molar-refractivity contribution in [1.82, 2.24) is 5.32 Å². The van der Waals surface area contributed by atoms with Gasteiger partial charge in [0.2, 0.25) is 0 Å². The van der Waals surface area contributed by atoms with Crippen molar-refractivity contribution in [2.24, 2.45) is 0 Å². The monoisotopic (exact) mass is 379 g/mol. The van der Waals surface area contributed by atoms with E-state index >= 15 is 0 Å². The minimum atomic E-state index is -4.60. The molecule has 142 valence electrons. The Balaban J connectivity index is 1.94. The number of nitrogens with one attached hydrogen (secondary N) is 1. The van der Waals surface area contributed by atoms with Crippen LogP contribution in [-0.4, -0.2) is 45.9 Å². The SMILES string of the molecule is CS(=O)(=O)C[C@@H](c1ccc(CNCC2CCCCO2)cc1)C(F)(F)F. The maximum Gasteiger partial charge on any atom is 0.396 e. The van der Waals surface area contributed by atoms with E-state index in [4.69, 9.17) is 4.74 Å². The van der Waals surface area contributed by atoms with Crippen LogP contribution in [0.3, 0.4) is 0 Å². The molecule has 0 amide bonds. The van der Waals surface area contributed by atoms with Crippen LogP contribution < -0.4 is 5.32 Å². The van der Waals surface area contributed by atoms with Crippen LogP contribution in [-0.2, 0) is 21.1 Å². The Kier molecular flexibility index (Phi) is 6.87. The summed E-state index contributed by atoms with van der Waals surface area (Å²) in [5.74, 6) is -2.94. The number of hydrogen-bond donors (Lipinski definition) is 1. The minimum absolute atomic E-state index is 0.0303. The fourth-order valence-electron chi connectivity index (χ4n) is 2.90. The topological polar surface area (TPSA) is 55.4 Å². The van der Waals surface area contributed by atoms with Crippen molar-refractivity contribution >= 4 is 9.84 Å². The number of alkyl halides is 3. The van der Waals surface area contributed by atoms with E-state index in [2.05, 4.69) is 5.32 Å². The Hall–Kier alpha value is -1.12. The molecule has 2 rings (SSSR count). The van der Waals surface area contributed by atoms with Crippen molar-refractivity contribution in [3.63, 3.8) is 0 Å². The highest BCUT2D eigenvalue weighted by Gasteiger charge is 2.42. The van der Waals surface area contributed by atoms with E-state index in [0.29, 0.717) is 13.1 Å². The molecular weight excluding hydrogens is 355 g/mol. The summed E-state index contributed by atoms with van der Waals surface area (Å²) in [7, 11) is -3.74. The molecule has 1 aliphatic rings. The van der Waals surface area contributed by atoms with Gasteiger partial charge in [0.15, 0.2) is 0 Å². The number of hydrogen-bond acceptors (Lipinski definition) is 4. The number of rotatable bonds is 7. The van der Waals surface area contributed by atoms with Crippen LogP contribution in [0.25, 0.3) is 0 Å². The molecule has 1 heterocycles. The van der Waals surface area contributed by atoms with Crippen LogP contribution in [0.4, 0.5) is 13.2 Å². The quantitative estimate of drug-likeness (QED) is 0.791. The summed E-state index contributed by atoms with van der Waals surface area (Å²) in [6.07, 6.45) is -0.327. The first kappa shape index (κ1) is 20.2. The van der Waals surface area contributed by atoms with Crippen LogP contribution in [0.2, 0.25) is 0 Å². The lowest BCUT2D eigenvalue weighted by atomic mass is 9.99. The summed E-state index contributed by atoms with van der Waals surface area (Å²) in [6.45, 7) is 2.02. The van der Waals surface area contributed by atoms with Gasteiger partial charge < -0.3 is 10.1 Å². The molecule has 1 aromatic rings. The van der Waals surface area contributed by atoms with Gasteiger partial charge in [0.25, 0.3) is 0 Å². The van der Waals surface area contributed by atoms with Gasteiger partial charge in [-0.1, -0.05) is 24.3 Å². The summed E-state index contributed by atoms with van der Waals surface area (Å²) in [5.41, 5.74) is 0.817. The molecule has 0 radical (unpaired) electrons. The van der Waals surface area contributed by atoms with E-state index in [1.54, 1.807) is 12.1 Å². The van der Waals surface area contributed by atoms with Gasteiger partial charge in [0, 0.05) is 26.0 Å². The van der Waals surface area contributed by atoms with Gasteiger partial charge in [0.05, 0.1) is 17.8 Å². The number of sulfone groups is 1. The minimum Gasteiger partial charge on any atom is -0.377 e. The summed E-state index contributed by atoms with van der Waals surface area (Å²) in [6, 6.07) is 5.92. The third-order valence-corrected chi connectivity index (χ3v) is 5.16. The van der Waals surface area contributed by atoms with Crippen LogP contribution in [0.15, 0.2) is 24.3 Å². The molecule has 1 aliphatic heterocycles. The predicted molar refractivity (Wildman–Crippen MR) is 90.2 cm³/mol. The first-order valence-corrected chi connectivity index (χ1v) is 10.4. The Bertz CT molecular complexity index is 638. The van der Waals surface area contributed by atoms with Gasteiger partial charge in [-0.05, 0) is 30.4 Å². The first-order valence-electron chi connectivity index (χ1n) is 8.31. The molecule has 0 spiro atoms. The molecule has 1 aromatic carbocycles. The lowest BCUT2D eigenvalue weighted by molar-refractivity contribution is -0.145. The summed E-state index contributed by atoms with van der Waals surface area (Å²) < 4.78 is 67.7. The van der Waals surface area contributed by atoms with Crippen LogP contribution in [0.1, 0.15) is 36.3 Å². The van der Waals surface area contributed by atoms with Gasteiger partial charge in [0.1, 0.15) is 9.84 Å². The summed E-state index contributed by atoms with van der Waals surface area (Å²) in [5, 5.41) is 3.25. The van der Waals surface area contributed by atoms with Gasteiger partial charge in [-0.2, -0.15) is 13.2 Å². The number of halogens is 3. The molecule has 1 N–H and O–H groups in total. The normalized spacial score (nSPS) is 20.4. The Labute approximate surface area is 146 Å². The van der Waals surface area contributed by atoms with E-state index in [0.717, 1.165) is 37.7 Å². The second-order valence-electron chi connectivity index (χ2n) is 6.55. The van der Waals surface area contributed by atoms with Crippen LogP contribution in [0, 0.1) is 0 Å². The zero-order valence-electron chi connectivity index (χ0n) is 14.2. The van der Waals surface area contributed by atoms with Gasteiger partial charge >= 0.3 is 6.18 Å². The van der Waals surface area contributed by atoms with E-state index in [9.17, 15) is 21.6 Å². The average Bonchev–Trinajstić information content (AvgIpc) is 2.53. The number of ether oxygens (including phenoxy) is 1. The largest absolute Gasteiger partial charge is 0.396 e. The zero-order chi connectivity index (χ0) is 18.5. The first-order chi connectivity index (χ1) is 11.6. The fraction of sp³-hybridized carbons (Fsp3) is 0.647. The molecule has 2 atom stereocenters. The fourth-order valence-corrected chi connectivity index (χ4v) is 3.88. The molecule has 1 unspecified atom stereocenters. The maximum absolute atomic E-state index is 13.2. The lowest BCUT2D eigenvalue weighted by Crippen LogP contribution is -2.31. The molecule has 0 aliphatic carbocycles. The average molecular weight is 379 g/mol. The van der Waals surface area contributed by atoms with Crippen molar-refractivity contribution < 1.29 is 26.3 Å². The molecule has 4 nitrogen and oxygen atoms in total. The second-order valence-corrected chi connectivity index (χ2v) is 8.73. The van der Waals surface area contributed by atoms with Gasteiger partial charge in [-0.25, -0.2) is 8.42 Å². The molecule has 1 saturated heterocycles. The van der Waals surface area contributed by atoms with E-state index in [1.165, 1.54) is 12.1 Å². The molecule has 0 saturated carbocycles. The Morgan fingerprint density at radius 1 is 1.24 bits per heavy atom. The summed E-state index contributed by atoms with van der Waals surface area (Å²) >= 11 is 0. The molecular formula is C17H24F3NO3S. The van der Waals surface area contributed by atoms with Crippen molar-refractivity contribution in [3.05, 3.63) is 35.4 Å². The molecule has 1 fully saturated rings. The van der Waals surface area contributed by atoms with E-state index in [-0.39, 0.29) is 11.7 Å². The zero-order valence-corrected chi connectivity index (χ0v) is 15.0. The third-order valence-electron chi connectivity index (χ3n) is 4.22. The predicted octanol–water partition coefficient (Wildman–Crippen LogP) is 3.04. The van der Waals surface area contributed by atoms with E-state index < -0.39 is 27.7 Å². The van der Waals surface area contributed by atoms with E-state index in [1.807, 2.05) is 0 Å². The van der Waals surface area contributed by atoms with Gasteiger partial charge in [-0.3, -0.25) is 0 Å². The van der Waals surface area contributed by atoms with Crippen molar-refractivity contribution in [1.29, 1.82) is 0 Å². The highest BCUT2D eigenvalue weighted by molar-refractivity contribution is 7.90. The van der Waals surface area contributed by atoms with Crippen LogP contribution in [0.5, 0.6) is 0 Å². The molecule has 0 bridgehead atoms. The van der Waals surface area contributed by atoms with Gasteiger partial charge in [-0.15, -0.1) is 0 Å². The maximum atomic E-state index is 13.2. The second kappa shape index (κ2) is 8.51. The third kappa shape index (κ3) is 6.95. The molecule has 25 heavy (non-hydrogen) atoms. The highest BCUT2D eigenvalue weighted by Crippen LogP contribution is 2.35. The standard InChI is InChI=1S/C17H24F3NO3S/c1-25(22,23)12-16(17(18,19)20)14-7-5-13(6-8-14)10-21-11-15-4-2-3-9-24-15/h5-8,15-16,21H,2-4,9-12H2,1H3/t15?,16-/m0/s1. The Morgan fingerprint density at radius 3 is 2.44 bits per heavy atom. The highest BCUT2D eigenvalue weighted by atomic mass is 32.2. The summed E-state index contributed by atoms with van der Waals surface area (Å²) in [4.78, 5) is 0. The smallest absolute Gasteiger partial charge is 0.377 e.